The van der Waals surface area contributed by atoms with Crippen LogP contribution in [0.15, 0.2) is 23.2 Å². The fourth-order valence-electron chi connectivity index (χ4n) is 3.69. The molecule has 0 atom stereocenters. The number of ether oxygens (including phenoxy) is 1. The van der Waals surface area contributed by atoms with Gasteiger partial charge in [0.2, 0.25) is 0 Å². The van der Waals surface area contributed by atoms with Crippen LogP contribution in [0.3, 0.4) is 0 Å². The van der Waals surface area contributed by atoms with E-state index in [9.17, 15) is 13.6 Å². The molecule has 0 saturated heterocycles. The van der Waals surface area contributed by atoms with Crippen LogP contribution in [-0.4, -0.2) is 61.1 Å². The SMILES string of the molecule is CC1(NSc2cc(C3=CCN(C(=O)OC(C)(C)C)CC3)c3c(Cl)nc(C(=N)SC(=N)C(F)F)n3c2)CC1. The van der Waals surface area contributed by atoms with Crippen LogP contribution in [0.4, 0.5) is 13.6 Å². The molecule has 37 heavy (non-hydrogen) atoms. The van der Waals surface area contributed by atoms with Gasteiger partial charge in [-0.3, -0.25) is 19.9 Å². The van der Waals surface area contributed by atoms with Gasteiger partial charge in [0.15, 0.2) is 11.0 Å². The van der Waals surface area contributed by atoms with Crippen LogP contribution in [-0.2, 0) is 4.74 Å². The Balaban J connectivity index is 1.70. The van der Waals surface area contributed by atoms with Gasteiger partial charge in [0.1, 0.15) is 15.7 Å². The molecule has 0 unspecified atom stereocenters. The number of pyridine rings is 1. The van der Waals surface area contributed by atoms with Gasteiger partial charge in [0, 0.05) is 35.3 Å². The average molecular weight is 571 g/mol. The highest BCUT2D eigenvalue weighted by Crippen LogP contribution is 2.39. The fourth-order valence-corrected chi connectivity index (χ4v) is 5.41. The number of amides is 1. The van der Waals surface area contributed by atoms with Gasteiger partial charge < -0.3 is 9.64 Å². The molecule has 4 rings (SSSR count). The van der Waals surface area contributed by atoms with Gasteiger partial charge in [-0.15, -0.1) is 0 Å². The number of aromatic nitrogens is 2. The first-order valence-corrected chi connectivity index (χ1v) is 13.7. The summed E-state index contributed by atoms with van der Waals surface area (Å²) in [6.45, 7) is 8.42. The lowest BCUT2D eigenvalue weighted by Crippen LogP contribution is -2.39. The Morgan fingerprint density at radius 2 is 2.03 bits per heavy atom. The second kappa shape index (κ2) is 10.5. The maximum Gasteiger partial charge on any atom is 0.410 e. The van der Waals surface area contributed by atoms with Gasteiger partial charge in [0.05, 0.1) is 5.52 Å². The monoisotopic (exact) mass is 570 g/mol. The van der Waals surface area contributed by atoms with Crippen LogP contribution < -0.4 is 4.72 Å². The third-order valence-electron chi connectivity index (χ3n) is 5.90. The fraction of sp³-hybridized carbons (Fsp3) is 0.500. The molecule has 2 aliphatic rings. The molecule has 3 N–H and O–H groups in total. The quantitative estimate of drug-likeness (QED) is 0.209. The van der Waals surface area contributed by atoms with Crippen LogP contribution in [0.5, 0.6) is 0 Å². The molecule has 1 aliphatic carbocycles. The Morgan fingerprint density at radius 3 is 2.59 bits per heavy atom. The normalized spacial score (nSPS) is 17.2. The third-order valence-corrected chi connectivity index (χ3v) is 8.00. The number of alkyl halides is 2. The second-order valence-electron chi connectivity index (χ2n) is 10.3. The molecule has 1 aliphatic heterocycles. The van der Waals surface area contributed by atoms with E-state index in [-0.39, 0.29) is 27.7 Å². The number of halogens is 3. The number of carbonyl (C=O) groups is 1. The zero-order valence-electron chi connectivity index (χ0n) is 21.0. The van der Waals surface area contributed by atoms with E-state index in [0.717, 1.165) is 28.9 Å². The van der Waals surface area contributed by atoms with Crippen molar-refractivity contribution in [2.75, 3.05) is 13.1 Å². The van der Waals surface area contributed by atoms with Crippen molar-refractivity contribution >= 4 is 62.6 Å². The van der Waals surface area contributed by atoms with Crippen LogP contribution in [0, 0.1) is 10.8 Å². The van der Waals surface area contributed by atoms with Crippen LogP contribution in [0.25, 0.3) is 11.1 Å². The summed E-state index contributed by atoms with van der Waals surface area (Å²) in [5, 5.41) is 14.7. The molecule has 200 valence electrons. The van der Waals surface area contributed by atoms with E-state index in [2.05, 4.69) is 16.6 Å². The lowest BCUT2D eigenvalue weighted by Gasteiger charge is -2.30. The van der Waals surface area contributed by atoms with E-state index in [4.69, 9.17) is 27.2 Å². The molecule has 2 aromatic heterocycles. The van der Waals surface area contributed by atoms with E-state index < -0.39 is 17.1 Å². The van der Waals surface area contributed by atoms with Gasteiger partial charge in [-0.25, -0.2) is 18.6 Å². The summed E-state index contributed by atoms with van der Waals surface area (Å²) >= 11 is 8.34. The van der Waals surface area contributed by atoms with Crippen molar-refractivity contribution in [1.29, 1.82) is 10.8 Å². The molecular formula is C24H29ClF2N6O2S2. The Kier molecular flexibility index (Phi) is 7.95. The number of rotatable bonds is 6. The van der Waals surface area contributed by atoms with Gasteiger partial charge in [0.25, 0.3) is 6.43 Å². The van der Waals surface area contributed by atoms with Gasteiger partial charge in [-0.1, -0.05) is 17.7 Å². The zero-order valence-corrected chi connectivity index (χ0v) is 23.3. The first-order chi connectivity index (χ1) is 17.3. The zero-order chi connectivity index (χ0) is 27.1. The van der Waals surface area contributed by atoms with Crippen molar-refractivity contribution in [1.82, 2.24) is 19.0 Å². The Morgan fingerprint density at radius 1 is 1.32 bits per heavy atom. The van der Waals surface area contributed by atoms with E-state index in [1.807, 2.05) is 32.9 Å². The summed E-state index contributed by atoms with van der Waals surface area (Å²) in [4.78, 5) is 19.3. The Bertz CT molecular complexity index is 1290. The summed E-state index contributed by atoms with van der Waals surface area (Å²) in [6.07, 6.45) is 3.05. The van der Waals surface area contributed by atoms with Crippen LogP contribution in [0.2, 0.25) is 5.15 Å². The molecule has 0 aromatic carbocycles. The number of hydrogen-bond acceptors (Lipinski definition) is 8. The highest BCUT2D eigenvalue weighted by molar-refractivity contribution is 8.26. The van der Waals surface area contributed by atoms with Crippen LogP contribution >= 0.6 is 35.3 Å². The molecule has 8 nitrogen and oxygen atoms in total. The molecule has 1 fully saturated rings. The molecular weight excluding hydrogens is 542 g/mol. The smallest absolute Gasteiger partial charge is 0.410 e. The molecule has 3 heterocycles. The molecule has 0 bridgehead atoms. The Hall–Kier alpha value is -2.15. The van der Waals surface area contributed by atoms with Crippen molar-refractivity contribution in [3.63, 3.8) is 0 Å². The highest BCUT2D eigenvalue weighted by Gasteiger charge is 2.37. The number of thioether (sulfide) groups is 1. The average Bonchev–Trinajstić information content (AvgIpc) is 3.47. The highest BCUT2D eigenvalue weighted by atomic mass is 35.5. The van der Waals surface area contributed by atoms with E-state index >= 15 is 0 Å². The summed E-state index contributed by atoms with van der Waals surface area (Å²) in [6, 6.07) is 1.99. The minimum Gasteiger partial charge on any atom is -0.444 e. The number of nitrogens with zero attached hydrogens (tertiary/aromatic N) is 3. The van der Waals surface area contributed by atoms with Gasteiger partial charge >= 0.3 is 6.09 Å². The first kappa shape index (κ1) is 27.9. The van der Waals surface area contributed by atoms with Crippen LogP contribution in [0.1, 0.15) is 58.3 Å². The maximum absolute atomic E-state index is 12.9. The third kappa shape index (κ3) is 6.65. The molecule has 2 aromatic rings. The summed E-state index contributed by atoms with van der Waals surface area (Å²) < 4.78 is 36.5. The summed E-state index contributed by atoms with van der Waals surface area (Å²) in [7, 11) is 0. The number of carbonyl (C=O) groups excluding carboxylic acids is 1. The predicted molar refractivity (Wildman–Crippen MR) is 145 cm³/mol. The Labute approximate surface area is 227 Å². The summed E-state index contributed by atoms with van der Waals surface area (Å²) in [5.41, 5.74) is 1.76. The summed E-state index contributed by atoms with van der Waals surface area (Å²) in [5.74, 6) is 0.0866. The van der Waals surface area contributed by atoms with Crippen molar-refractivity contribution in [2.24, 2.45) is 0 Å². The minimum atomic E-state index is -2.97. The van der Waals surface area contributed by atoms with Crippen molar-refractivity contribution < 1.29 is 18.3 Å². The second-order valence-corrected chi connectivity index (χ2v) is 12.6. The number of imidazole rings is 1. The van der Waals surface area contributed by atoms with Gasteiger partial charge in [-0.2, -0.15) is 0 Å². The molecule has 0 radical (unpaired) electrons. The topological polar surface area (TPSA) is 107 Å². The number of hydrogen-bond donors (Lipinski definition) is 3. The molecule has 1 saturated carbocycles. The maximum atomic E-state index is 12.9. The van der Waals surface area contributed by atoms with Crippen molar-refractivity contribution in [2.45, 2.75) is 69.4 Å². The predicted octanol–water partition coefficient (Wildman–Crippen LogP) is 6.46. The van der Waals surface area contributed by atoms with Gasteiger partial charge in [-0.05, 0) is 82.3 Å². The minimum absolute atomic E-state index is 0.0577. The lowest BCUT2D eigenvalue weighted by atomic mass is 9.99. The molecule has 0 spiro atoms. The molecule has 1 amide bonds. The van der Waals surface area contributed by atoms with E-state index in [0.29, 0.717) is 36.8 Å². The largest absolute Gasteiger partial charge is 0.444 e. The number of nitrogens with one attached hydrogen (secondary N) is 3. The lowest BCUT2D eigenvalue weighted by molar-refractivity contribution is 0.0270. The number of fused-ring (bicyclic) bond motifs is 1. The standard InChI is InChI=1S/C24H29ClF2N6O2S2/c1-23(2,3)35-22(34)32-9-5-13(6-10-32)15-11-14(37-31-24(4)7-8-24)12-33-16(15)17(25)30-21(33)20(29)36-19(28)18(26)27/h5,11-12,18,28-29,31H,6-10H2,1-4H3. The van der Waals surface area contributed by atoms with E-state index in [1.54, 1.807) is 15.5 Å². The van der Waals surface area contributed by atoms with E-state index in [1.165, 1.54) is 11.9 Å². The first-order valence-electron chi connectivity index (χ1n) is 11.7. The van der Waals surface area contributed by atoms with Crippen molar-refractivity contribution in [3.05, 3.63) is 34.9 Å². The molecule has 13 heteroatoms. The van der Waals surface area contributed by atoms with Crippen molar-refractivity contribution in [3.8, 4) is 0 Å².